The number of hydrogen-bond donors (Lipinski definition) is 0. The smallest absolute Gasteiger partial charge is 0.227 e. The molecule has 30 heavy (non-hydrogen) atoms. The lowest BCUT2D eigenvalue weighted by molar-refractivity contribution is 0.146. The molecule has 1 heterocycles. The second kappa shape index (κ2) is 9.27. The van der Waals surface area contributed by atoms with Gasteiger partial charge in [-0.15, -0.1) is 0 Å². The lowest BCUT2D eigenvalue weighted by Crippen LogP contribution is -2.30. The fourth-order valence-corrected chi connectivity index (χ4v) is 4.88. The maximum absolute atomic E-state index is 13.3. The number of halogens is 2. The van der Waals surface area contributed by atoms with Gasteiger partial charge >= 0.3 is 0 Å². The van der Waals surface area contributed by atoms with Crippen LogP contribution in [0.3, 0.4) is 0 Å². The lowest BCUT2D eigenvalue weighted by Gasteiger charge is -2.37. The molecule has 158 valence electrons. The first-order valence-electron chi connectivity index (χ1n) is 10.5. The number of benzene rings is 2. The van der Waals surface area contributed by atoms with E-state index in [2.05, 4.69) is 29.1 Å². The van der Waals surface area contributed by atoms with Gasteiger partial charge in [0.2, 0.25) is 11.7 Å². The van der Waals surface area contributed by atoms with Gasteiger partial charge < -0.3 is 9.42 Å². The van der Waals surface area contributed by atoms with Crippen LogP contribution in [-0.4, -0.2) is 29.1 Å². The fourth-order valence-electron chi connectivity index (χ4n) is 4.69. The number of aromatic nitrogens is 2. The Balaban J connectivity index is 1.37. The highest BCUT2D eigenvalue weighted by Crippen LogP contribution is 2.40. The van der Waals surface area contributed by atoms with Gasteiger partial charge in [-0.1, -0.05) is 41.0 Å². The Morgan fingerprint density at radius 3 is 2.50 bits per heavy atom. The number of nitrogens with zero attached hydrogens (tertiary/aromatic N) is 3. The predicted molar refractivity (Wildman–Crippen MR) is 117 cm³/mol. The quantitative estimate of drug-likeness (QED) is 0.471. The summed E-state index contributed by atoms with van der Waals surface area (Å²) in [5, 5.41) is 4.79. The van der Waals surface area contributed by atoms with Crippen LogP contribution >= 0.6 is 11.6 Å². The zero-order valence-corrected chi connectivity index (χ0v) is 18.1. The molecule has 4 rings (SSSR count). The van der Waals surface area contributed by atoms with Crippen molar-refractivity contribution in [2.24, 2.45) is 11.8 Å². The fraction of sp³-hybridized carbons (Fsp3) is 0.417. The summed E-state index contributed by atoms with van der Waals surface area (Å²) in [5.41, 5.74) is 2.06. The van der Waals surface area contributed by atoms with E-state index in [1.807, 2.05) is 36.4 Å². The third kappa shape index (κ3) is 4.90. The van der Waals surface area contributed by atoms with Crippen LogP contribution in [0.25, 0.3) is 11.4 Å². The van der Waals surface area contributed by atoms with Gasteiger partial charge in [-0.3, -0.25) is 0 Å². The lowest BCUT2D eigenvalue weighted by atomic mass is 9.75. The molecule has 0 bridgehead atoms. The average molecular weight is 428 g/mol. The third-order valence-corrected chi connectivity index (χ3v) is 6.36. The van der Waals surface area contributed by atoms with Crippen LogP contribution < -0.4 is 0 Å². The van der Waals surface area contributed by atoms with Crippen LogP contribution in [0.15, 0.2) is 53.1 Å². The van der Waals surface area contributed by atoms with E-state index in [4.69, 9.17) is 16.1 Å². The van der Waals surface area contributed by atoms with Crippen LogP contribution in [-0.2, 0) is 6.42 Å². The highest BCUT2D eigenvalue weighted by Gasteiger charge is 2.30. The van der Waals surface area contributed by atoms with Crippen molar-refractivity contribution in [3.05, 3.63) is 70.8 Å². The molecule has 6 heteroatoms. The minimum absolute atomic E-state index is 0.184. The molecule has 1 aliphatic rings. The second-order valence-corrected chi connectivity index (χ2v) is 8.90. The summed E-state index contributed by atoms with van der Waals surface area (Å²) in [7, 11) is 4.21. The highest BCUT2D eigenvalue weighted by molar-refractivity contribution is 6.30. The van der Waals surface area contributed by atoms with Gasteiger partial charge in [0.25, 0.3) is 0 Å². The summed E-state index contributed by atoms with van der Waals surface area (Å²) in [6, 6.07) is 14.8. The van der Waals surface area contributed by atoms with E-state index in [9.17, 15) is 4.39 Å². The Morgan fingerprint density at radius 1 is 1.10 bits per heavy atom. The molecule has 3 aromatic rings. The largest absolute Gasteiger partial charge is 0.339 e. The van der Waals surface area contributed by atoms with Gasteiger partial charge in [-0.25, -0.2) is 4.39 Å². The van der Waals surface area contributed by atoms with Gasteiger partial charge in [-0.05, 0) is 81.4 Å². The predicted octanol–water partition coefficient (Wildman–Crippen LogP) is 6.18. The Kier molecular flexibility index (Phi) is 6.49. The Hall–Kier alpha value is -2.24. The molecule has 1 aliphatic carbocycles. The van der Waals surface area contributed by atoms with Crippen LogP contribution in [0.2, 0.25) is 5.02 Å². The zero-order valence-electron chi connectivity index (χ0n) is 17.4. The molecule has 2 aromatic carbocycles. The molecule has 0 spiro atoms. The molecule has 0 radical (unpaired) electrons. The van der Waals surface area contributed by atoms with E-state index in [0.717, 1.165) is 37.7 Å². The van der Waals surface area contributed by atoms with Crippen molar-refractivity contribution in [3.8, 4) is 11.4 Å². The maximum atomic E-state index is 13.3. The first-order chi connectivity index (χ1) is 14.5. The van der Waals surface area contributed by atoms with Gasteiger partial charge in [0.05, 0.1) is 0 Å². The van der Waals surface area contributed by atoms with Crippen molar-refractivity contribution in [3.63, 3.8) is 0 Å². The van der Waals surface area contributed by atoms with Gasteiger partial charge in [0, 0.05) is 23.0 Å². The number of rotatable bonds is 6. The van der Waals surface area contributed by atoms with Gasteiger partial charge in [0.1, 0.15) is 5.82 Å². The molecular weight excluding hydrogens is 401 g/mol. The molecule has 0 amide bonds. The zero-order chi connectivity index (χ0) is 21.1. The first kappa shape index (κ1) is 21.0. The molecule has 1 saturated carbocycles. The summed E-state index contributed by atoms with van der Waals surface area (Å²) in [4.78, 5) is 6.83. The standard InChI is InChI=1S/C24H27ClFN3O/c1-29(2)23(18-10-12-21(26)13-11-18)17-8-6-16(7-9-17)14-22-27-24(28-30-22)19-4-3-5-20(25)15-19/h3-5,10-13,15-17,23H,6-9,14H2,1-2H3. The Labute approximate surface area is 182 Å². The topological polar surface area (TPSA) is 42.2 Å². The summed E-state index contributed by atoms with van der Waals surface area (Å²) in [6.07, 6.45) is 5.35. The van der Waals surface area contributed by atoms with Gasteiger partial charge in [-0.2, -0.15) is 4.98 Å². The van der Waals surface area contributed by atoms with Crippen molar-refractivity contribution >= 4 is 11.6 Å². The molecule has 0 saturated heterocycles. The van der Waals surface area contributed by atoms with E-state index in [-0.39, 0.29) is 5.82 Å². The number of hydrogen-bond acceptors (Lipinski definition) is 4. The van der Waals surface area contributed by atoms with Crippen molar-refractivity contribution in [1.29, 1.82) is 0 Å². The van der Waals surface area contributed by atoms with Crippen LogP contribution in [0.4, 0.5) is 4.39 Å². The highest BCUT2D eigenvalue weighted by atomic mass is 35.5. The maximum Gasteiger partial charge on any atom is 0.227 e. The Morgan fingerprint density at radius 2 is 1.83 bits per heavy atom. The summed E-state index contributed by atoms with van der Waals surface area (Å²) < 4.78 is 18.8. The van der Waals surface area contributed by atoms with Crippen molar-refractivity contribution < 1.29 is 8.91 Å². The van der Waals surface area contributed by atoms with Crippen LogP contribution in [0.5, 0.6) is 0 Å². The summed E-state index contributed by atoms with van der Waals surface area (Å²) >= 11 is 6.06. The molecular formula is C24H27ClFN3O. The molecule has 1 unspecified atom stereocenters. The molecule has 0 N–H and O–H groups in total. The summed E-state index contributed by atoms with van der Waals surface area (Å²) in [5.74, 6) is 2.20. The van der Waals surface area contributed by atoms with Gasteiger partial charge in [0.15, 0.2) is 0 Å². The van der Waals surface area contributed by atoms with Crippen molar-refractivity contribution in [2.45, 2.75) is 38.1 Å². The molecule has 1 atom stereocenters. The normalized spacial score (nSPS) is 20.4. The second-order valence-electron chi connectivity index (χ2n) is 8.47. The van der Waals surface area contributed by atoms with E-state index in [1.54, 1.807) is 12.1 Å². The minimum atomic E-state index is -0.184. The molecule has 1 aromatic heterocycles. The van der Waals surface area contributed by atoms with E-state index in [1.165, 1.54) is 5.56 Å². The van der Waals surface area contributed by atoms with Crippen molar-refractivity contribution in [1.82, 2.24) is 15.0 Å². The van der Waals surface area contributed by atoms with E-state index in [0.29, 0.717) is 34.6 Å². The average Bonchev–Trinajstić information content (AvgIpc) is 3.19. The first-order valence-corrected chi connectivity index (χ1v) is 10.9. The van der Waals surface area contributed by atoms with E-state index < -0.39 is 0 Å². The van der Waals surface area contributed by atoms with E-state index >= 15 is 0 Å². The molecule has 0 aliphatic heterocycles. The van der Waals surface area contributed by atoms with Crippen LogP contribution in [0, 0.1) is 17.7 Å². The van der Waals surface area contributed by atoms with Crippen molar-refractivity contribution in [2.75, 3.05) is 14.1 Å². The third-order valence-electron chi connectivity index (χ3n) is 6.12. The molecule has 4 nitrogen and oxygen atoms in total. The SMILES string of the molecule is CN(C)C(c1ccc(F)cc1)C1CCC(Cc2nc(-c3cccc(Cl)c3)no2)CC1. The Bertz CT molecular complexity index is 965. The van der Waals surface area contributed by atoms with Crippen LogP contribution in [0.1, 0.15) is 43.2 Å². The molecule has 1 fully saturated rings. The monoisotopic (exact) mass is 427 g/mol. The minimum Gasteiger partial charge on any atom is -0.339 e. The summed E-state index contributed by atoms with van der Waals surface area (Å²) in [6.45, 7) is 0.